The molecule has 0 bridgehead atoms. The first-order chi connectivity index (χ1) is 10.5. The highest BCUT2D eigenvalue weighted by atomic mass is 35.5. The summed E-state index contributed by atoms with van der Waals surface area (Å²) in [6.07, 6.45) is 0. The van der Waals surface area contributed by atoms with Gasteiger partial charge in [0, 0.05) is 11.6 Å². The number of carbonyl (C=O) groups is 1. The van der Waals surface area contributed by atoms with Crippen LogP contribution in [0.15, 0.2) is 48.5 Å². The van der Waals surface area contributed by atoms with Crippen molar-refractivity contribution in [2.75, 3.05) is 0 Å². The maximum absolute atomic E-state index is 11.0. The van der Waals surface area contributed by atoms with Gasteiger partial charge in [-0.15, -0.1) is 0 Å². The summed E-state index contributed by atoms with van der Waals surface area (Å²) in [7, 11) is 0. The average molecular weight is 319 g/mol. The third-order valence-electron chi connectivity index (χ3n) is 3.23. The summed E-state index contributed by atoms with van der Waals surface area (Å²) in [5.41, 5.74) is 7.25. The second-order valence-corrected chi connectivity index (χ2v) is 5.51. The highest BCUT2D eigenvalue weighted by molar-refractivity contribution is 6.30. The SMILES string of the molecule is CC(NCc1cccc(OCc2cccc(Cl)c2)c1)C(N)=O. The first-order valence-corrected chi connectivity index (χ1v) is 7.41. The lowest BCUT2D eigenvalue weighted by atomic mass is 10.2. The molecule has 116 valence electrons. The van der Waals surface area contributed by atoms with E-state index in [1.165, 1.54) is 0 Å². The predicted molar refractivity (Wildman–Crippen MR) is 87.7 cm³/mol. The molecule has 22 heavy (non-hydrogen) atoms. The van der Waals surface area contributed by atoms with E-state index in [0.29, 0.717) is 18.2 Å². The van der Waals surface area contributed by atoms with Gasteiger partial charge < -0.3 is 15.8 Å². The molecule has 2 rings (SSSR count). The van der Waals surface area contributed by atoms with Crippen molar-refractivity contribution in [1.29, 1.82) is 0 Å². The van der Waals surface area contributed by atoms with Gasteiger partial charge in [-0.05, 0) is 42.3 Å². The van der Waals surface area contributed by atoms with Crippen LogP contribution in [0.3, 0.4) is 0 Å². The molecule has 0 aliphatic rings. The Morgan fingerprint density at radius 2 is 1.95 bits per heavy atom. The first kappa shape index (κ1) is 16.3. The van der Waals surface area contributed by atoms with E-state index in [4.69, 9.17) is 22.1 Å². The zero-order valence-corrected chi connectivity index (χ0v) is 13.1. The molecule has 0 aliphatic carbocycles. The summed E-state index contributed by atoms with van der Waals surface area (Å²) >= 11 is 5.95. The molecule has 1 unspecified atom stereocenters. The smallest absolute Gasteiger partial charge is 0.234 e. The second kappa shape index (κ2) is 7.82. The standard InChI is InChI=1S/C17H19ClN2O2/c1-12(17(19)21)20-10-13-4-3-7-16(9-13)22-11-14-5-2-6-15(18)8-14/h2-9,12,20H,10-11H2,1H3,(H2,19,21). The number of ether oxygens (including phenoxy) is 1. The van der Waals surface area contributed by atoms with Crippen molar-refractivity contribution in [2.45, 2.75) is 26.1 Å². The van der Waals surface area contributed by atoms with Crippen molar-refractivity contribution in [3.8, 4) is 5.75 Å². The van der Waals surface area contributed by atoms with Crippen LogP contribution in [0.2, 0.25) is 5.02 Å². The number of carbonyl (C=O) groups excluding carboxylic acids is 1. The maximum atomic E-state index is 11.0. The molecule has 3 N–H and O–H groups in total. The number of benzene rings is 2. The lowest BCUT2D eigenvalue weighted by Gasteiger charge is -2.11. The van der Waals surface area contributed by atoms with Crippen molar-refractivity contribution in [3.63, 3.8) is 0 Å². The molecule has 0 saturated carbocycles. The third-order valence-corrected chi connectivity index (χ3v) is 3.47. The molecular formula is C17H19ClN2O2. The van der Waals surface area contributed by atoms with E-state index < -0.39 is 0 Å². The molecule has 0 radical (unpaired) electrons. The Morgan fingerprint density at radius 3 is 2.68 bits per heavy atom. The van der Waals surface area contributed by atoms with Crippen LogP contribution in [0, 0.1) is 0 Å². The topological polar surface area (TPSA) is 64.3 Å². The van der Waals surface area contributed by atoms with Gasteiger partial charge in [0.15, 0.2) is 0 Å². The van der Waals surface area contributed by atoms with Crippen LogP contribution in [-0.4, -0.2) is 11.9 Å². The number of hydrogen-bond donors (Lipinski definition) is 2. The third kappa shape index (κ3) is 5.06. The fourth-order valence-corrected chi connectivity index (χ4v) is 2.12. The number of nitrogens with one attached hydrogen (secondary N) is 1. The molecule has 0 heterocycles. The molecule has 0 fully saturated rings. The number of rotatable bonds is 7. The zero-order chi connectivity index (χ0) is 15.9. The summed E-state index contributed by atoms with van der Waals surface area (Å²) in [6.45, 7) is 2.75. The molecule has 1 amide bonds. The highest BCUT2D eigenvalue weighted by Crippen LogP contribution is 2.17. The first-order valence-electron chi connectivity index (χ1n) is 7.03. The quantitative estimate of drug-likeness (QED) is 0.825. The lowest BCUT2D eigenvalue weighted by molar-refractivity contribution is -0.119. The largest absolute Gasteiger partial charge is 0.489 e. The van der Waals surface area contributed by atoms with Crippen LogP contribution < -0.4 is 15.8 Å². The minimum absolute atomic E-state index is 0.365. The summed E-state index contributed by atoms with van der Waals surface area (Å²) in [4.78, 5) is 11.0. The van der Waals surface area contributed by atoms with E-state index in [1.54, 1.807) is 6.92 Å². The van der Waals surface area contributed by atoms with E-state index in [0.717, 1.165) is 16.9 Å². The molecule has 5 heteroatoms. The van der Waals surface area contributed by atoms with Gasteiger partial charge in [0.05, 0.1) is 6.04 Å². The molecular weight excluding hydrogens is 300 g/mol. The molecule has 1 atom stereocenters. The molecule has 0 aliphatic heterocycles. The van der Waals surface area contributed by atoms with Gasteiger partial charge in [-0.1, -0.05) is 35.9 Å². The summed E-state index contributed by atoms with van der Waals surface area (Å²) in [5.74, 6) is 0.402. The highest BCUT2D eigenvalue weighted by Gasteiger charge is 2.07. The van der Waals surface area contributed by atoms with Crippen molar-refractivity contribution in [3.05, 3.63) is 64.7 Å². The molecule has 2 aromatic rings. The molecule has 0 aromatic heterocycles. The monoisotopic (exact) mass is 318 g/mol. The van der Waals surface area contributed by atoms with Crippen molar-refractivity contribution in [1.82, 2.24) is 5.32 Å². The Labute approximate surface area is 135 Å². The summed E-state index contributed by atoms with van der Waals surface area (Å²) < 4.78 is 5.76. The van der Waals surface area contributed by atoms with Crippen LogP contribution in [0.1, 0.15) is 18.1 Å². The summed E-state index contributed by atoms with van der Waals surface area (Å²) in [5, 5.41) is 3.75. The van der Waals surface area contributed by atoms with Gasteiger partial charge in [0.1, 0.15) is 12.4 Å². The second-order valence-electron chi connectivity index (χ2n) is 5.07. The number of primary amides is 1. The Hall–Kier alpha value is -2.04. The average Bonchev–Trinajstić information content (AvgIpc) is 2.51. The molecule has 4 nitrogen and oxygen atoms in total. The van der Waals surface area contributed by atoms with E-state index in [9.17, 15) is 4.79 Å². The van der Waals surface area contributed by atoms with Gasteiger partial charge in [0.25, 0.3) is 0 Å². The van der Waals surface area contributed by atoms with Gasteiger partial charge in [0.2, 0.25) is 5.91 Å². The van der Waals surface area contributed by atoms with Crippen LogP contribution in [0.25, 0.3) is 0 Å². The van der Waals surface area contributed by atoms with E-state index in [2.05, 4.69) is 5.32 Å². The van der Waals surface area contributed by atoms with Crippen LogP contribution in [-0.2, 0) is 17.9 Å². The van der Waals surface area contributed by atoms with E-state index in [-0.39, 0.29) is 11.9 Å². The van der Waals surface area contributed by atoms with E-state index in [1.807, 2.05) is 48.5 Å². The minimum atomic E-state index is -0.367. The number of amides is 1. The van der Waals surface area contributed by atoms with Crippen LogP contribution >= 0.6 is 11.6 Å². The Balaban J connectivity index is 1.92. The maximum Gasteiger partial charge on any atom is 0.234 e. The molecule has 0 spiro atoms. The van der Waals surface area contributed by atoms with Gasteiger partial charge in [-0.2, -0.15) is 0 Å². The van der Waals surface area contributed by atoms with Crippen LogP contribution in [0.4, 0.5) is 0 Å². The fraction of sp³-hybridized carbons (Fsp3) is 0.235. The summed E-state index contributed by atoms with van der Waals surface area (Å²) in [6, 6.07) is 14.9. The van der Waals surface area contributed by atoms with Crippen molar-refractivity contribution >= 4 is 17.5 Å². The lowest BCUT2D eigenvalue weighted by Crippen LogP contribution is -2.38. The molecule has 2 aromatic carbocycles. The van der Waals surface area contributed by atoms with Crippen molar-refractivity contribution < 1.29 is 9.53 Å². The van der Waals surface area contributed by atoms with Crippen LogP contribution in [0.5, 0.6) is 5.75 Å². The number of nitrogens with two attached hydrogens (primary N) is 1. The van der Waals surface area contributed by atoms with Gasteiger partial charge in [-0.25, -0.2) is 0 Å². The fourth-order valence-electron chi connectivity index (χ4n) is 1.91. The Kier molecular flexibility index (Phi) is 5.81. The normalized spacial score (nSPS) is 11.9. The Morgan fingerprint density at radius 1 is 1.23 bits per heavy atom. The van der Waals surface area contributed by atoms with Gasteiger partial charge in [-0.3, -0.25) is 4.79 Å². The number of halogens is 1. The Bertz CT molecular complexity index is 646. The van der Waals surface area contributed by atoms with Gasteiger partial charge >= 0.3 is 0 Å². The minimum Gasteiger partial charge on any atom is -0.489 e. The predicted octanol–water partition coefficient (Wildman–Crippen LogP) is 2.88. The number of hydrogen-bond acceptors (Lipinski definition) is 3. The van der Waals surface area contributed by atoms with E-state index >= 15 is 0 Å². The zero-order valence-electron chi connectivity index (χ0n) is 12.4. The van der Waals surface area contributed by atoms with Crippen molar-refractivity contribution in [2.24, 2.45) is 5.73 Å². The molecule has 0 saturated heterocycles.